The van der Waals surface area contributed by atoms with Crippen molar-refractivity contribution >= 4 is 16.9 Å². The average molecular weight is 476 g/mol. The highest BCUT2D eigenvalue weighted by Gasteiger charge is 2.35. The lowest BCUT2D eigenvalue weighted by atomic mass is 9.79. The number of benzene rings is 1. The Balaban J connectivity index is 1.22. The van der Waals surface area contributed by atoms with Gasteiger partial charge in [-0.3, -0.25) is 0 Å². The normalized spacial score (nSPS) is 27.2. The molecule has 3 aromatic rings. The quantitative estimate of drug-likeness (QED) is 0.514. The topological polar surface area (TPSA) is 78.4 Å². The third-order valence-electron chi connectivity index (χ3n) is 8.28. The fourth-order valence-electron chi connectivity index (χ4n) is 6.16. The van der Waals surface area contributed by atoms with E-state index in [9.17, 15) is 0 Å². The van der Waals surface area contributed by atoms with Gasteiger partial charge in [-0.05, 0) is 82.0 Å². The molecule has 6 rings (SSSR count). The zero-order chi connectivity index (χ0) is 23.8. The van der Waals surface area contributed by atoms with Gasteiger partial charge < -0.3 is 24.7 Å². The van der Waals surface area contributed by atoms with Crippen LogP contribution in [0.4, 0.5) is 5.82 Å². The molecule has 2 aliphatic heterocycles. The van der Waals surface area contributed by atoms with Crippen molar-refractivity contribution in [3.63, 3.8) is 0 Å². The lowest BCUT2D eigenvalue weighted by molar-refractivity contribution is -0.0110. The molecule has 3 fully saturated rings. The molecule has 2 aromatic heterocycles. The molecule has 7 heteroatoms. The van der Waals surface area contributed by atoms with E-state index in [-0.39, 0.29) is 6.10 Å². The predicted octanol–water partition coefficient (Wildman–Crippen LogP) is 5.06. The number of anilines is 1. The molecule has 1 saturated carbocycles. The molecule has 3 aliphatic rings. The summed E-state index contributed by atoms with van der Waals surface area (Å²) < 4.78 is 14.3. The maximum Gasteiger partial charge on any atom is 0.146 e. The van der Waals surface area contributed by atoms with Gasteiger partial charge in [-0.15, -0.1) is 0 Å². The molecule has 1 aromatic carbocycles. The van der Waals surface area contributed by atoms with Crippen molar-refractivity contribution in [2.24, 2.45) is 5.92 Å². The summed E-state index contributed by atoms with van der Waals surface area (Å²) in [5.41, 5.74) is 9.49. The molecule has 0 bridgehead atoms. The van der Waals surface area contributed by atoms with Gasteiger partial charge >= 0.3 is 0 Å². The molecule has 1 aliphatic carbocycles. The molecule has 0 amide bonds. The van der Waals surface area contributed by atoms with Crippen molar-refractivity contribution in [2.45, 2.75) is 70.1 Å². The van der Waals surface area contributed by atoms with E-state index in [4.69, 9.17) is 15.2 Å². The van der Waals surface area contributed by atoms with Crippen LogP contribution in [-0.4, -0.2) is 57.9 Å². The van der Waals surface area contributed by atoms with Crippen LogP contribution in [0.15, 0.2) is 36.8 Å². The number of likely N-dealkylation sites (tertiary alicyclic amines) is 1. The molecule has 35 heavy (non-hydrogen) atoms. The van der Waals surface area contributed by atoms with Gasteiger partial charge in [-0.25, -0.2) is 9.97 Å². The van der Waals surface area contributed by atoms with E-state index in [1.165, 1.54) is 45.2 Å². The largest absolute Gasteiger partial charge is 0.491 e. The van der Waals surface area contributed by atoms with E-state index in [1.54, 1.807) is 6.33 Å². The van der Waals surface area contributed by atoms with Gasteiger partial charge in [0.25, 0.3) is 0 Å². The molecule has 1 unspecified atom stereocenters. The molecule has 4 heterocycles. The van der Waals surface area contributed by atoms with Crippen LogP contribution in [0.3, 0.4) is 0 Å². The van der Waals surface area contributed by atoms with Gasteiger partial charge in [-0.2, -0.15) is 0 Å². The van der Waals surface area contributed by atoms with Gasteiger partial charge in [-0.1, -0.05) is 12.1 Å². The molecule has 0 radical (unpaired) electrons. The van der Waals surface area contributed by atoms with Crippen molar-refractivity contribution in [3.05, 3.63) is 36.8 Å². The highest BCUT2D eigenvalue weighted by atomic mass is 16.5. The van der Waals surface area contributed by atoms with Crippen LogP contribution in [0.2, 0.25) is 0 Å². The van der Waals surface area contributed by atoms with Crippen LogP contribution in [0.5, 0.6) is 5.75 Å². The molecule has 186 valence electrons. The number of nitrogen functional groups attached to an aromatic ring is 1. The van der Waals surface area contributed by atoms with Crippen molar-refractivity contribution in [3.8, 4) is 16.9 Å². The summed E-state index contributed by atoms with van der Waals surface area (Å²) >= 11 is 0. The molecule has 7 nitrogen and oxygen atoms in total. The summed E-state index contributed by atoms with van der Waals surface area (Å²) in [6, 6.07) is 9.49. The first-order valence-electron chi connectivity index (χ1n) is 13.4. The number of fused-ring (bicyclic) bond motifs is 1. The van der Waals surface area contributed by atoms with Crippen molar-refractivity contribution in [1.82, 2.24) is 19.4 Å². The minimum Gasteiger partial charge on any atom is -0.491 e. The second-order valence-corrected chi connectivity index (χ2v) is 10.7. The fourth-order valence-corrected chi connectivity index (χ4v) is 6.16. The van der Waals surface area contributed by atoms with Crippen LogP contribution < -0.4 is 10.5 Å². The average Bonchev–Trinajstić information content (AvgIpc) is 3.45. The minimum absolute atomic E-state index is 0.188. The first kappa shape index (κ1) is 22.8. The SMILES string of the molecule is CC1CCCN1CC1CC(n2cc(-c3cccc(OC[C@H]4CCCCO4)c3)c3c(N)ncnc32)C1. The minimum atomic E-state index is 0.188. The molecule has 2 atom stereocenters. The summed E-state index contributed by atoms with van der Waals surface area (Å²) in [7, 11) is 0. The van der Waals surface area contributed by atoms with Crippen molar-refractivity contribution in [1.29, 1.82) is 0 Å². The van der Waals surface area contributed by atoms with Crippen LogP contribution in [0.1, 0.15) is 57.9 Å². The molecular weight excluding hydrogens is 438 g/mol. The number of nitrogens with two attached hydrogens (primary N) is 1. The van der Waals surface area contributed by atoms with Gasteiger partial charge in [0.15, 0.2) is 0 Å². The Hall–Kier alpha value is -2.64. The van der Waals surface area contributed by atoms with Crippen LogP contribution in [0.25, 0.3) is 22.2 Å². The number of nitrogens with zero attached hydrogens (tertiary/aromatic N) is 4. The molecule has 0 spiro atoms. The van der Waals surface area contributed by atoms with Gasteiger partial charge in [0.2, 0.25) is 0 Å². The zero-order valence-corrected chi connectivity index (χ0v) is 20.7. The number of hydrogen-bond acceptors (Lipinski definition) is 6. The van der Waals surface area contributed by atoms with Gasteiger partial charge in [0.1, 0.15) is 30.1 Å². The smallest absolute Gasteiger partial charge is 0.146 e. The highest BCUT2D eigenvalue weighted by Crippen LogP contribution is 2.44. The summed E-state index contributed by atoms with van der Waals surface area (Å²) in [5.74, 6) is 2.16. The Morgan fingerprint density at radius 2 is 2.06 bits per heavy atom. The number of hydrogen-bond donors (Lipinski definition) is 1. The van der Waals surface area contributed by atoms with Gasteiger partial charge in [0.05, 0.1) is 11.5 Å². The number of ether oxygens (including phenoxy) is 2. The molecular formula is C28H37N5O2. The van der Waals surface area contributed by atoms with E-state index >= 15 is 0 Å². The zero-order valence-electron chi connectivity index (χ0n) is 20.7. The van der Waals surface area contributed by atoms with E-state index in [1.807, 2.05) is 12.1 Å². The Bertz CT molecular complexity index is 1170. The monoisotopic (exact) mass is 475 g/mol. The first-order valence-corrected chi connectivity index (χ1v) is 13.4. The van der Waals surface area contributed by atoms with Crippen LogP contribution in [-0.2, 0) is 4.74 Å². The van der Waals surface area contributed by atoms with Crippen molar-refractivity contribution in [2.75, 3.05) is 32.0 Å². The van der Waals surface area contributed by atoms with E-state index in [2.05, 4.69) is 44.7 Å². The highest BCUT2D eigenvalue weighted by molar-refractivity contribution is 6.00. The van der Waals surface area contributed by atoms with E-state index < -0.39 is 0 Å². The first-order chi connectivity index (χ1) is 17.2. The lowest BCUT2D eigenvalue weighted by Gasteiger charge is -2.39. The summed E-state index contributed by atoms with van der Waals surface area (Å²) in [6.45, 7) is 6.29. The third kappa shape index (κ3) is 4.64. The number of aromatic nitrogens is 3. The van der Waals surface area contributed by atoms with Crippen LogP contribution >= 0.6 is 0 Å². The maximum atomic E-state index is 6.39. The number of rotatable bonds is 7. The second-order valence-electron chi connectivity index (χ2n) is 10.7. The van der Waals surface area contributed by atoms with E-state index in [0.29, 0.717) is 18.5 Å². The summed E-state index contributed by atoms with van der Waals surface area (Å²) in [5, 5.41) is 0.942. The summed E-state index contributed by atoms with van der Waals surface area (Å²) in [4.78, 5) is 11.7. The third-order valence-corrected chi connectivity index (χ3v) is 8.28. The Morgan fingerprint density at radius 1 is 1.14 bits per heavy atom. The van der Waals surface area contributed by atoms with Crippen molar-refractivity contribution < 1.29 is 9.47 Å². The van der Waals surface area contributed by atoms with E-state index in [0.717, 1.165) is 59.3 Å². The second kappa shape index (κ2) is 9.78. The molecule has 2 N–H and O–H groups in total. The van der Waals surface area contributed by atoms with Crippen LogP contribution in [0, 0.1) is 5.92 Å². The lowest BCUT2D eigenvalue weighted by Crippen LogP contribution is -2.38. The molecule has 2 saturated heterocycles. The standard InChI is InChI=1S/C28H37N5O2/c1-19-6-5-10-32(19)15-20-12-22(13-20)33-16-25(26-27(29)30-18-31-28(26)33)21-7-4-9-23(14-21)35-17-24-8-2-3-11-34-24/h4,7,9,14,16,18-20,22,24H,2-3,5-6,8,10-13,15,17H2,1H3,(H2,29,30,31)/t19?,20?,22?,24-/m1/s1. The summed E-state index contributed by atoms with van der Waals surface area (Å²) in [6.07, 6.45) is 12.5. The Kier molecular flexibility index (Phi) is 6.37. The fraction of sp³-hybridized carbons (Fsp3) is 0.571. The Labute approximate surface area is 207 Å². The predicted molar refractivity (Wildman–Crippen MR) is 138 cm³/mol. The maximum absolute atomic E-state index is 6.39. The Morgan fingerprint density at radius 3 is 2.86 bits per heavy atom. The van der Waals surface area contributed by atoms with Gasteiger partial charge in [0, 0.05) is 37.0 Å².